The molecule has 0 saturated heterocycles. The van der Waals surface area contributed by atoms with Crippen molar-refractivity contribution in [1.29, 1.82) is 5.26 Å². The molecule has 1 heterocycles. The maximum atomic E-state index is 12.2. The summed E-state index contributed by atoms with van der Waals surface area (Å²) in [6.07, 6.45) is 2.50. The first kappa shape index (κ1) is 21.7. The van der Waals surface area contributed by atoms with Crippen molar-refractivity contribution in [2.45, 2.75) is 33.7 Å². The number of hydrogen-bond donors (Lipinski definition) is 1. The Bertz CT molecular complexity index is 954. The molecule has 0 atom stereocenters. The molecule has 1 amide bonds. The number of rotatable bonds is 7. The zero-order chi connectivity index (χ0) is 20.7. The van der Waals surface area contributed by atoms with Crippen LogP contribution in [0.1, 0.15) is 30.3 Å². The van der Waals surface area contributed by atoms with E-state index in [2.05, 4.69) is 39.4 Å². The Morgan fingerprint density at radius 1 is 1.32 bits per heavy atom. The Morgan fingerprint density at radius 3 is 2.68 bits per heavy atom. The number of hydrogen-bond acceptors (Lipinski definition) is 4. The third-order valence-electron chi connectivity index (χ3n) is 4.18. The fourth-order valence-corrected chi connectivity index (χ4v) is 3.31. The number of ether oxygens (including phenoxy) is 1. The van der Waals surface area contributed by atoms with Crippen molar-refractivity contribution >= 4 is 46.2 Å². The van der Waals surface area contributed by atoms with Crippen LogP contribution in [0.3, 0.4) is 0 Å². The van der Waals surface area contributed by atoms with Crippen molar-refractivity contribution in [3.8, 4) is 6.07 Å². The van der Waals surface area contributed by atoms with Crippen LogP contribution in [0.2, 0.25) is 0 Å². The molecule has 0 saturated carbocycles. The van der Waals surface area contributed by atoms with Crippen LogP contribution in [0.15, 0.2) is 35.9 Å². The maximum Gasteiger partial charge on any atom is 0.349 e. The van der Waals surface area contributed by atoms with Crippen LogP contribution in [0, 0.1) is 28.7 Å². The number of anilines is 1. The van der Waals surface area contributed by atoms with Crippen molar-refractivity contribution in [2.24, 2.45) is 0 Å². The molecule has 28 heavy (non-hydrogen) atoms. The van der Waals surface area contributed by atoms with Gasteiger partial charge in [-0.05, 0) is 72.7 Å². The molecule has 2 aromatic rings. The molecule has 0 radical (unpaired) electrons. The molecular weight excluding hydrogens is 469 g/mol. The molecular formula is C21H22IN3O3. The molecule has 0 fully saturated rings. The van der Waals surface area contributed by atoms with E-state index in [0.29, 0.717) is 5.69 Å². The Balaban J connectivity index is 2.05. The highest BCUT2D eigenvalue weighted by Crippen LogP contribution is 2.19. The first-order chi connectivity index (χ1) is 13.4. The molecule has 6 nitrogen and oxygen atoms in total. The number of esters is 1. The van der Waals surface area contributed by atoms with E-state index in [-0.39, 0.29) is 5.57 Å². The highest BCUT2D eigenvalue weighted by molar-refractivity contribution is 14.1. The number of carbonyl (C=O) groups excluding carboxylic acids is 2. The topological polar surface area (TPSA) is 84.1 Å². The minimum Gasteiger partial charge on any atom is -0.451 e. The SMILES string of the molecule is CCCn1c(C)cc(/C=C(\C#N)C(=O)OCC(=O)Nc2ccccc2I)c1C. The van der Waals surface area contributed by atoms with Gasteiger partial charge < -0.3 is 14.6 Å². The van der Waals surface area contributed by atoms with Gasteiger partial charge in [-0.3, -0.25) is 4.79 Å². The van der Waals surface area contributed by atoms with Crippen LogP contribution < -0.4 is 5.32 Å². The second-order valence-corrected chi connectivity index (χ2v) is 7.41. The summed E-state index contributed by atoms with van der Waals surface area (Å²) in [5.74, 6) is -1.28. The van der Waals surface area contributed by atoms with E-state index in [9.17, 15) is 14.9 Å². The molecule has 0 aliphatic carbocycles. The fourth-order valence-electron chi connectivity index (χ4n) is 2.79. The van der Waals surface area contributed by atoms with Gasteiger partial charge in [-0.15, -0.1) is 0 Å². The molecule has 0 aliphatic heterocycles. The molecule has 0 unspecified atom stereocenters. The number of aromatic nitrogens is 1. The molecule has 0 aliphatic rings. The normalized spacial score (nSPS) is 11.0. The number of nitriles is 1. The molecule has 146 valence electrons. The summed E-state index contributed by atoms with van der Waals surface area (Å²) in [7, 11) is 0. The minimum atomic E-state index is -0.819. The number of carbonyl (C=O) groups is 2. The zero-order valence-corrected chi connectivity index (χ0v) is 18.2. The smallest absolute Gasteiger partial charge is 0.349 e. The van der Waals surface area contributed by atoms with Crippen LogP contribution in [-0.2, 0) is 20.9 Å². The highest BCUT2D eigenvalue weighted by atomic mass is 127. The largest absolute Gasteiger partial charge is 0.451 e. The first-order valence-corrected chi connectivity index (χ1v) is 9.95. The van der Waals surface area contributed by atoms with E-state index in [1.54, 1.807) is 12.1 Å². The van der Waals surface area contributed by atoms with Crippen molar-refractivity contribution in [3.05, 3.63) is 56.4 Å². The number of nitrogens with one attached hydrogen (secondary N) is 1. The van der Waals surface area contributed by atoms with E-state index in [4.69, 9.17) is 4.74 Å². The van der Waals surface area contributed by atoms with E-state index >= 15 is 0 Å². The van der Waals surface area contributed by atoms with Crippen LogP contribution in [-0.4, -0.2) is 23.1 Å². The number of aryl methyl sites for hydroxylation is 1. The molecule has 2 rings (SSSR count). The highest BCUT2D eigenvalue weighted by Gasteiger charge is 2.16. The summed E-state index contributed by atoms with van der Waals surface area (Å²) in [6.45, 7) is 6.44. The summed E-state index contributed by atoms with van der Waals surface area (Å²) >= 11 is 2.10. The molecule has 0 spiro atoms. The number of benzene rings is 1. The summed E-state index contributed by atoms with van der Waals surface area (Å²) in [5.41, 5.74) is 3.34. The summed E-state index contributed by atoms with van der Waals surface area (Å²) < 4.78 is 8.03. The van der Waals surface area contributed by atoms with Crippen molar-refractivity contribution in [2.75, 3.05) is 11.9 Å². The van der Waals surface area contributed by atoms with Crippen molar-refractivity contribution < 1.29 is 14.3 Å². The minimum absolute atomic E-state index is 0.140. The van der Waals surface area contributed by atoms with Gasteiger partial charge in [-0.1, -0.05) is 19.1 Å². The summed E-state index contributed by atoms with van der Waals surface area (Å²) in [4.78, 5) is 24.2. The van der Waals surface area contributed by atoms with E-state index in [1.807, 2.05) is 38.1 Å². The number of para-hydroxylation sites is 1. The summed E-state index contributed by atoms with van der Waals surface area (Å²) in [5, 5.41) is 12.0. The van der Waals surface area contributed by atoms with E-state index in [1.165, 1.54) is 6.08 Å². The van der Waals surface area contributed by atoms with E-state index < -0.39 is 18.5 Å². The Kier molecular flexibility index (Phi) is 7.81. The van der Waals surface area contributed by atoms with Crippen LogP contribution in [0.25, 0.3) is 6.08 Å². The molecule has 1 aromatic carbocycles. The number of amides is 1. The first-order valence-electron chi connectivity index (χ1n) is 8.87. The average Bonchev–Trinajstić information content (AvgIpc) is 2.93. The van der Waals surface area contributed by atoms with Crippen LogP contribution >= 0.6 is 22.6 Å². The number of halogens is 1. The Labute approximate surface area is 178 Å². The van der Waals surface area contributed by atoms with Gasteiger partial charge in [0, 0.05) is 21.5 Å². The average molecular weight is 491 g/mol. The van der Waals surface area contributed by atoms with Crippen molar-refractivity contribution in [3.63, 3.8) is 0 Å². The van der Waals surface area contributed by atoms with Gasteiger partial charge in [0.1, 0.15) is 11.6 Å². The van der Waals surface area contributed by atoms with Gasteiger partial charge in [0.15, 0.2) is 6.61 Å². The van der Waals surface area contributed by atoms with Gasteiger partial charge in [0.25, 0.3) is 5.91 Å². The third-order valence-corrected chi connectivity index (χ3v) is 5.12. The quantitative estimate of drug-likeness (QED) is 0.272. The predicted molar refractivity (Wildman–Crippen MR) is 117 cm³/mol. The van der Waals surface area contributed by atoms with Gasteiger partial charge in [-0.2, -0.15) is 5.26 Å². The maximum absolute atomic E-state index is 12.2. The lowest BCUT2D eigenvalue weighted by atomic mass is 10.1. The second kappa shape index (κ2) is 10.1. The summed E-state index contributed by atoms with van der Waals surface area (Å²) in [6, 6.07) is 11.1. The molecule has 7 heteroatoms. The number of nitrogens with zero attached hydrogens (tertiary/aromatic N) is 2. The van der Waals surface area contributed by atoms with E-state index in [0.717, 1.165) is 33.5 Å². The Morgan fingerprint density at radius 2 is 2.04 bits per heavy atom. The van der Waals surface area contributed by atoms with Gasteiger partial charge in [-0.25, -0.2) is 4.79 Å². The van der Waals surface area contributed by atoms with Crippen LogP contribution in [0.5, 0.6) is 0 Å². The van der Waals surface area contributed by atoms with Crippen molar-refractivity contribution in [1.82, 2.24) is 4.57 Å². The molecule has 1 aromatic heterocycles. The lowest BCUT2D eigenvalue weighted by Gasteiger charge is -2.08. The van der Waals surface area contributed by atoms with Gasteiger partial charge in [0.05, 0.1) is 5.69 Å². The van der Waals surface area contributed by atoms with Gasteiger partial charge in [0.2, 0.25) is 0 Å². The zero-order valence-electron chi connectivity index (χ0n) is 16.1. The monoisotopic (exact) mass is 491 g/mol. The fraction of sp³-hybridized carbons (Fsp3) is 0.286. The van der Waals surface area contributed by atoms with Gasteiger partial charge >= 0.3 is 5.97 Å². The Hall–Kier alpha value is -2.60. The molecule has 0 bridgehead atoms. The predicted octanol–water partition coefficient (Wildman–Crippen LogP) is 4.21. The lowest BCUT2D eigenvalue weighted by Crippen LogP contribution is -2.21. The third kappa shape index (κ3) is 5.45. The molecule has 1 N–H and O–H groups in total. The standard InChI is InChI=1S/C21H22IN3O3/c1-4-9-25-14(2)10-16(15(25)3)11-17(12-23)21(27)28-13-20(26)24-19-8-6-5-7-18(19)22/h5-8,10-11H,4,9,13H2,1-3H3,(H,24,26)/b17-11+. The lowest BCUT2D eigenvalue weighted by molar-refractivity contribution is -0.142. The van der Waals surface area contributed by atoms with Crippen LogP contribution in [0.4, 0.5) is 5.69 Å². The second-order valence-electron chi connectivity index (χ2n) is 6.25.